The lowest BCUT2D eigenvalue weighted by Gasteiger charge is -2.42. The monoisotopic (exact) mass is 452 g/mol. The van der Waals surface area contributed by atoms with Crippen molar-refractivity contribution in [2.45, 2.75) is 63.6 Å². The summed E-state index contributed by atoms with van der Waals surface area (Å²) in [5, 5.41) is 0. The van der Waals surface area contributed by atoms with Gasteiger partial charge in [0.2, 0.25) is 0 Å². The third-order valence-corrected chi connectivity index (χ3v) is 5.58. The van der Waals surface area contributed by atoms with E-state index in [4.69, 9.17) is 18.9 Å². The molecule has 0 saturated carbocycles. The molecule has 2 aromatic carbocycles. The van der Waals surface area contributed by atoms with Gasteiger partial charge in [0.15, 0.2) is 6.29 Å². The summed E-state index contributed by atoms with van der Waals surface area (Å²) in [6.45, 7) is 3.21. The van der Waals surface area contributed by atoms with Crippen LogP contribution in [-0.2, 0) is 14.2 Å². The van der Waals surface area contributed by atoms with Gasteiger partial charge in [0.05, 0.1) is 25.4 Å². The lowest BCUT2D eigenvalue weighted by atomic mass is 9.95. The lowest BCUT2D eigenvalue weighted by molar-refractivity contribution is -0.289. The molecule has 0 spiro atoms. The Balaban J connectivity index is 1.30. The standard InChI is InChI=1S/C24H27F3O5/c1-2-3-14-28-18-8-6-17(7-9-18)23-29-15-22-21(31-23)13-12-20(30-22)16-4-10-19(11-5-16)32-24(25,26)27/h4-11,20-23H,2-3,12-15H2,1H3/t20-,21+,22-,23?/m1/s1. The SMILES string of the molecule is CCCCOc1ccc(C2OC[C@H]3O[C@@H](c4ccc(OC(F)(F)F)cc4)CC[C@@H]3O2)cc1. The number of unbranched alkanes of at least 4 members (excludes halogenated alkanes) is 1. The number of rotatable bonds is 7. The molecule has 2 heterocycles. The molecule has 1 unspecified atom stereocenters. The minimum Gasteiger partial charge on any atom is -0.494 e. The topological polar surface area (TPSA) is 46.2 Å². The van der Waals surface area contributed by atoms with Crippen LogP contribution in [0.3, 0.4) is 0 Å². The quantitative estimate of drug-likeness (QED) is 0.475. The predicted octanol–water partition coefficient (Wildman–Crippen LogP) is 6.10. The maximum absolute atomic E-state index is 12.3. The van der Waals surface area contributed by atoms with Gasteiger partial charge in [-0.05, 0) is 49.1 Å². The number of fused-ring (bicyclic) bond motifs is 1. The zero-order valence-corrected chi connectivity index (χ0v) is 17.8. The molecule has 32 heavy (non-hydrogen) atoms. The smallest absolute Gasteiger partial charge is 0.494 e. The summed E-state index contributed by atoms with van der Waals surface area (Å²) in [7, 11) is 0. The van der Waals surface area contributed by atoms with Gasteiger partial charge in [0.1, 0.15) is 17.6 Å². The van der Waals surface area contributed by atoms with Crippen molar-refractivity contribution in [1.29, 1.82) is 0 Å². The van der Waals surface area contributed by atoms with Crippen LogP contribution in [0.5, 0.6) is 11.5 Å². The Bertz CT molecular complexity index is 853. The first kappa shape index (κ1) is 22.9. The summed E-state index contributed by atoms with van der Waals surface area (Å²) in [6, 6.07) is 13.5. The molecule has 0 radical (unpaired) electrons. The fraction of sp³-hybridized carbons (Fsp3) is 0.500. The first-order valence-electron chi connectivity index (χ1n) is 10.9. The van der Waals surface area contributed by atoms with E-state index >= 15 is 0 Å². The van der Waals surface area contributed by atoms with Crippen molar-refractivity contribution >= 4 is 0 Å². The molecule has 0 N–H and O–H groups in total. The predicted molar refractivity (Wildman–Crippen MR) is 110 cm³/mol. The van der Waals surface area contributed by atoms with E-state index in [1.807, 2.05) is 24.3 Å². The number of alkyl halides is 3. The van der Waals surface area contributed by atoms with Crippen molar-refractivity contribution in [2.75, 3.05) is 13.2 Å². The van der Waals surface area contributed by atoms with E-state index in [1.54, 1.807) is 12.1 Å². The molecule has 8 heteroatoms. The Hall–Kier alpha value is -2.29. The number of halogens is 3. The van der Waals surface area contributed by atoms with Gasteiger partial charge in [0, 0.05) is 5.56 Å². The zero-order valence-electron chi connectivity index (χ0n) is 17.8. The van der Waals surface area contributed by atoms with Gasteiger partial charge in [-0.15, -0.1) is 13.2 Å². The molecule has 0 aliphatic carbocycles. The van der Waals surface area contributed by atoms with Gasteiger partial charge >= 0.3 is 6.36 Å². The Kier molecular flexibility index (Phi) is 7.23. The van der Waals surface area contributed by atoms with E-state index in [0.717, 1.165) is 36.1 Å². The van der Waals surface area contributed by atoms with Crippen LogP contribution < -0.4 is 9.47 Å². The molecule has 174 valence electrons. The van der Waals surface area contributed by atoms with E-state index in [2.05, 4.69) is 11.7 Å². The fourth-order valence-electron chi connectivity index (χ4n) is 3.91. The molecular weight excluding hydrogens is 425 g/mol. The van der Waals surface area contributed by atoms with Crippen LogP contribution in [0.1, 0.15) is 56.1 Å². The van der Waals surface area contributed by atoms with Crippen LogP contribution in [0.15, 0.2) is 48.5 Å². The molecule has 2 aromatic rings. The second-order valence-corrected chi connectivity index (χ2v) is 7.97. The molecule has 0 amide bonds. The normalized spacial score (nSPS) is 25.8. The van der Waals surface area contributed by atoms with Crippen LogP contribution in [-0.4, -0.2) is 31.8 Å². The number of hydrogen-bond donors (Lipinski definition) is 0. The first-order valence-corrected chi connectivity index (χ1v) is 10.9. The Morgan fingerprint density at radius 3 is 2.25 bits per heavy atom. The van der Waals surface area contributed by atoms with E-state index in [-0.39, 0.29) is 24.1 Å². The number of hydrogen-bond acceptors (Lipinski definition) is 5. The van der Waals surface area contributed by atoms with E-state index in [1.165, 1.54) is 12.1 Å². The highest BCUT2D eigenvalue weighted by molar-refractivity contribution is 5.30. The number of benzene rings is 2. The summed E-state index contributed by atoms with van der Waals surface area (Å²) < 4.78 is 64.8. The summed E-state index contributed by atoms with van der Waals surface area (Å²) in [5.41, 5.74) is 1.73. The Morgan fingerprint density at radius 2 is 1.56 bits per heavy atom. The summed E-state index contributed by atoms with van der Waals surface area (Å²) in [5.74, 6) is 0.579. The average Bonchev–Trinajstić information content (AvgIpc) is 2.78. The van der Waals surface area contributed by atoms with Crippen molar-refractivity contribution in [3.8, 4) is 11.5 Å². The molecule has 4 rings (SSSR count). The van der Waals surface area contributed by atoms with E-state index < -0.39 is 12.7 Å². The van der Waals surface area contributed by atoms with Gasteiger partial charge in [-0.2, -0.15) is 0 Å². The van der Waals surface area contributed by atoms with Gasteiger partial charge in [-0.25, -0.2) is 0 Å². The highest BCUT2D eigenvalue weighted by atomic mass is 19.4. The second kappa shape index (κ2) is 10.1. The lowest BCUT2D eigenvalue weighted by Crippen LogP contribution is -2.45. The molecule has 0 bridgehead atoms. The molecule has 2 aliphatic heterocycles. The van der Waals surface area contributed by atoms with Gasteiger partial charge in [-0.1, -0.05) is 37.6 Å². The van der Waals surface area contributed by atoms with Crippen molar-refractivity contribution in [3.63, 3.8) is 0 Å². The van der Waals surface area contributed by atoms with Crippen molar-refractivity contribution < 1.29 is 36.9 Å². The van der Waals surface area contributed by atoms with Crippen molar-refractivity contribution in [2.24, 2.45) is 0 Å². The molecule has 0 aromatic heterocycles. The summed E-state index contributed by atoms with van der Waals surface area (Å²) >= 11 is 0. The maximum Gasteiger partial charge on any atom is 0.573 e. The van der Waals surface area contributed by atoms with Gasteiger partial charge in [0.25, 0.3) is 0 Å². The zero-order chi connectivity index (χ0) is 22.6. The van der Waals surface area contributed by atoms with Crippen LogP contribution in [0.2, 0.25) is 0 Å². The average molecular weight is 452 g/mol. The second-order valence-electron chi connectivity index (χ2n) is 7.97. The largest absolute Gasteiger partial charge is 0.573 e. The molecule has 2 saturated heterocycles. The van der Waals surface area contributed by atoms with E-state index in [9.17, 15) is 13.2 Å². The minimum absolute atomic E-state index is 0.0988. The first-order chi connectivity index (χ1) is 15.4. The van der Waals surface area contributed by atoms with Crippen LogP contribution in [0.25, 0.3) is 0 Å². The molecule has 2 aliphatic rings. The summed E-state index contributed by atoms with van der Waals surface area (Å²) in [4.78, 5) is 0. The highest BCUT2D eigenvalue weighted by Gasteiger charge is 2.39. The third-order valence-electron chi connectivity index (χ3n) is 5.58. The minimum atomic E-state index is -4.70. The Labute approximate surface area is 185 Å². The van der Waals surface area contributed by atoms with Gasteiger partial charge in [-0.3, -0.25) is 0 Å². The van der Waals surface area contributed by atoms with Crippen LogP contribution >= 0.6 is 0 Å². The van der Waals surface area contributed by atoms with Crippen LogP contribution in [0.4, 0.5) is 13.2 Å². The molecule has 4 atom stereocenters. The fourth-order valence-corrected chi connectivity index (χ4v) is 3.91. The molecule has 5 nitrogen and oxygen atoms in total. The van der Waals surface area contributed by atoms with Gasteiger partial charge < -0.3 is 23.7 Å². The molecule has 2 fully saturated rings. The van der Waals surface area contributed by atoms with E-state index in [0.29, 0.717) is 19.6 Å². The number of ether oxygens (including phenoxy) is 5. The van der Waals surface area contributed by atoms with Crippen LogP contribution in [0, 0.1) is 0 Å². The Morgan fingerprint density at radius 1 is 0.875 bits per heavy atom. The summed E-state index contributed by atoms with van der Waals surface area (Å²) in [6.07, 6.45) is -2.13. The molecular formula is C24H27F3O5. The maximum atomic E-state index is 12.3. The third kappa shape index (κ3) is 5.94. The van der Waals surface area contributed by atoms with Crippen molar-refractivity contribution in [3.05, 3.63) is 59.7 Å². The highest BCUT2D eigenvalue weighted by Crippen LogP contribution is 2.39. The van der Waals surface area contributed by atoms with Crippen molar-refractivity contribution in [1.82, 2.24) is 0 Å².